The van der Waals surface area contributed by atoms with Crippen LogP contribution < -0.4 is 9.64 Å². The maximum Gasteiger partial charge on any atom is 0.270 e. The zero-order valence-electron chi connectivity index (χ0n) is 13.3. The molecule has 21 heavy (non-hydrogen) atoms. The van der Waals surface area contributed by atoms with Crippen molar-refractivity contribution in [3.8, 4) is 5.75 Å². The minimum atomic E-state index is -0.892. The van der Waals surface area contributed by atoms with Crippen LogP contribution in [-0.2, 0) is 4.79 Å². The van der Waals surface area contributed by atoms with Gasteiger partial charge >= 0.3 is 0 Å². The number of likely N-dealkylation sites (N-methyl/N-ethyl adjacent to an activating group) is 1. The van der Waals surface area contributed by atoms with Gasteiger partial charge in [0.05, 0.1) is 5.69 Å². The van der Waals surface area contributed by atoms with Gasteiger partial charge in [-0.15, -0.1) is 0 Å². The average Bonchev–Trinajstić information content (AvgIpc) is 2.38. The number of anilines is 1. The summed E-state index contributed by atoms with van der Waals surface area (Å²) in [4.78, 5) is 27.9. The molecule has 0 saturated heterocycles. The molecule has 0 bridgehead atoms. The Kier molecular flexibility index (Phi) is 4.05. The van der Waals surface area contributed by atoms with Gasteiger partial charge in [0.1, 0.15) is 5.75 Å². The number of hydrogen-bond donors (Lipinski definition) is 0. The van der Waals surface area contributed by atoms with Crippen LogP contribution in [0.1, 0.15) is 31.1 Å². The topological polar surface area (TPSA) is 49.9 Å². The van der Waals surface area contributed by atoms with Gasteiger partial charge in [-0.2, -0.15) is 0 Å². The predicted octanol–water partition coefficient (Wildman–Crippen LogP) is 1.95. The van der Waals surface area contributed by atoms with E-state index in [1.165, 1.54) is 6.92 Å². The van der Waals surface area contributed by atoms with Crippen LogP contribution in [0.4, 0.5) is 5.69 Å². The Balaban J connectivity index is 2.45. The molecule has 0 aromatic heterocycles. The van der Waals surface area contributed by atoms with Gasteiger partial charge in [-0.05, 0) is 53.1 Å². The highest BCUT2D eigenvalue weighted by molar-refractivity contribution is 6.04. The first-order valence-corrected chi connectivity index (χ1v) is 7.03. The summed E-state index contributed by atoms with van der Waals surface area (Å²) in [5, 5.41) is 0. The van der Waals surface area contributed by atoms with Gasteiger partial charge < -0.3 is 14.5 Å². The molecule has 0 N–H and O–H groups in total. The van der Waals surface area contributed by atoms with E-state index in [1.807, 2.05) is 19.0 Å². The average molecular weight is 290 g/mol. The Morgan fingerprint density at radius 1 is 1.33 bits per heavy atom. The van der Waals surface area contributed by atoms with Gasteiger partial charge in [0.2, 0.25) is 0 Å². The second kappa shape index (κ2) is 5.48. The van der Waals surface area contributed by atoms with Crippen LogP contribution in [-0.4, -0.2) is 49.4 Å². The zero-order valence-corrected chi connectivity index (χ0v) is 13.3. The molecule has 0 atom stereocenters. The Bertz CT molecular complexity index is 579. The van der Waals surface area contributed by atoms with E-state index < -0.39 is 5.60 Å². The number of carbonyl (C=O) groups is 2. The van der Waals surface area contributed by atoms with Gasteiger partial charge in [0.15, 0.2) is 11.4 Å². The van der Waals surface area contributed by atoms with Crippen LogP contribution >= 0.6 is 0 Å². The lowest BCUT2D eigenvalue weighted by Gasteiger charge is -2.39. The molecular weight excluding hydrogens is 268 g/mol. The van der Waals surface area contributed by atoms with Crippen LogP contribution in [0.15, 0.2) is 18.2 Å². The molecule has 1 aromatic carbocycles. The number of rotatable bonds is 4. The second-order valence-electron chi connectivity index (χ2n) is 6.11. The smallest absolute Gasteiger partial charge is 0.270 e. The van der Waals surface area contributed by atoms with Crippen LogP contribution in [0, 0.1) is 0 Å². The van der Waals surface area contributed by atoms with Crippen molar-refractivity contribution >= 4 is 17.4 Å². The summed E-state index contributed by atoms with van der Waals surface area (Å²) < 4.78 is 5.79. The van der Waals surface area contributed by atoms with E-state index in [1.54, 1.807) is 36.9 Å². The maximum absolute atomic E-state index is 12.6. The van der Waals surface area contributed by atoms with Crippen molar-refractivity contribution in [2.24, 2.45) is 0 Å². The first kappa shape index (κ1) is 15.5. The van der Waals surface area contributed by atoms with Crippen LogP contribution in [0.2, 0.25) is 0 Å². The molecule has 0 saturated carbocycles. The molecule has 0 fully saturated rings. The number of Topliss-reactive ketones (excluding diaryl/α,β-unsaturated/α-hetero) is 1. The maximum atomic E-state index is 12.6. The first-order chi connectivity index (χ1) is 9.72. The Labute approximate surface area is 125 Å². The number of benzene rings is 1. The summed E-state index contributed by atoms with van der Waals surface area (Å²) in [6, 6.07) is 5.24. The molecule has 0 unspecified atom stereocenters. The molecule has 5 heteroatoms. The van der Waals surface area contributed by atoms with Crippen molar-refractivity contribution in [2.45, 2.75) is 26.4 Å². The number of fused-ring (bicyclic) bond motifs is 1. The van der Waals surface area contributed by atoms with Crippen molar-refractivity contribution in [1.82, 2.24) is 4.90 Å². The fraction of sp³-hybridized carbons (Fsp3) is 0.500. The Morgan fingerprint density at radius 3 is 2.57 bits per heavy atom. The van der Waals surface area contributed by atoms with E-state index >= 15 is 0 Å². The van der Waals surface area contributed by atoms with Gasteiger partial charge in [0, 0.05) is 18.7 Å². The number of hydrogen-bond acceptors (Lipinski definition) is 4. The molecule has 1 heterocycles. The van der Waals surface area contributed by atoms with E-state index in [4.69, 9.17) is 4.74 Å². The monoisotopic (exact) mass is 290 g/mol. The molecule has 0 radical (unpaired) electrons. The molecule has 1 aliphatic rings. The van der Waals surface area contributed by atoms with Gasteiger partial charge in [-0.1, -0.05) is 0 Å². The summed E-state index contributed by atoms with van der Waals surface area (Å²) in [6.45, 7) is 6.35. The molecule has 1 aliphatic heterocycles. The largest absolute Gasteiger partial charge is 0.476 e. The van der Waals surface area contributed by atoms with E-state index in [2.05, 4.69) is 0 Å². The molecular formula is C16H22N2O3. The number of ether oxygens (including phenoxy) is 1. The van der Waals surface area contributed by atoms with Crippen LogP contribution in [0.25, 0.3) is 0 Å². The third-order valence-corrected chi connectivity index (χ3v) is 3.55. The summed E-state index contributed by atoms with van der Waals surface area (Å²) in [7, 11) is 3.92. The number of carbonyl (C=O) groups excluding carboxylic acids is 2. The minimum absolute atomic E-state index is 0.0253. The lowest BCUT2D eigenvalue weighted by atomic mass is 10.0. The molecule has 1 aromatic rings. The summed E-state index contributed by atoms with van der Waals surface area (Å²) in [5.74, 6) is 0.531. The highest BCUT2D eigenvalue weighted by Crippen LogP contribution is 2.38. The molecule has 114 valence electrons. The third kappa shape index (κ3) is 3.08. The van der Waals surface area contributed by atoms with Crippen LogP contribution in [0.3, 0.4) is 0 Å². The van der Waals surface area contributed by atoms with Gasteiger partial charge in [-0.3, -0.25) is 9.59 Å². The normalized spacial score (nSPS) is 16.7. The molecule has 1 amide bonds. The Morgan fingerprint density at radius 2 is 2.00 bits per heavy atom. The molecule has 0 aliphatic carbocycles. The fourth-order valence-electron chi connectivity index (χ4n) is 2.31. The number of amides is 1. The number of ketones is 1. The fourth-order valence-corrected chi connectivity index (χ4v) is 2.31. The quantitative estimate of drug-likeness (QED) is 0.795. The van der Waals surface area contributed by atoms with E-state index in [9.17, 15) is 9.59 Å². The molecule has 5 nitrogen and oxygen atoms in total. The van der Waals surface area contributed by atoms with Gasteiger partial charge in [-0.25, -0.2) is 0 Å². The predicted molar refractivity (Wildman–Crippen MR) is 82.1 cm³/mol. The SMILES string of the molecule is CC(=O)c1ccc2c(c1)N(CCN(C)C)C(=O)C(C)(C)O2. The van der Waals surface area contributed by atoms with Crippen molar-refractivity contribution in [3.63, 3.8) is 0 Å². The zero-order chi connectivity index (χ0) is 15.8. The van der Waals surface area contributed by atoms with Crippen LogP contribution in [0.5, 0.6) is 5.75 Å². The first-order valence-electron chi connectivity index (χ1n) is 7.03. The van der Waals surface area contributed by atoms with Crippen molar-refractivity contribution in [3.05, 3.63) is 23.8 Å². The standard InChI is InChI=1S/C16H22N2O3/c1-11(19)12-6-7-14-13(10-12)18(9-8-17(4)5)15(20)16(2,3)21-14/h6-7,10H,8-9H2,1-5H3. The second-order valence-corrected chi connectivity index (χ2v) is 6.11. The van der Waals surface area contributed by atoms with Gasteiger partial charge in [0.25, 0.3) is 5.91 Å². The number of nitrogens with zero attached hydrogens (tertiary/aromatic N) is 2. The highest BCUT2D eigenvalue weighted by atomic mass is 16.5. The molecule has 2 rings (SSSR count). The van der Waals surface area contributed by atoms with Crippen molar-refractivity contribution in [1.29, 1.82) is 0 Å². The summed E-state index contributed by atoms with van der Waals surface area (Å²) in [6.07, 6.45) is 0. The highest BCUT2D eigenvalue weighted by Gasteiger charge is 2.40. The molecule has 0 spiro atoms. The summed E-state index contributed by atoms with van der Waals surface area (Å²) in [5.41, 5.74) is 0.366. The lowest BCUT2D eigenvalue weighted by Crippen LogP contribution is -2.53. The van der Waals surface area contributed by atoms with E-state index in [0.29, 0.717) is 23.5 Å². The van der Waals surface area contributed by atoms with E-state index in [-0.39, 0.29) is 11.7 Å². The lowest BCUT2D eigenvalue weighted by molar-refractivity contribution is -0.132. The third-order valence-electron chi connectivity index (χ3n) is 3.55. The van der Waals surface area contributed by atoms with E-state index in [0.717, 1.165) is 6.54 Å². The van der Waals surface area contributed by atoms with Crippen molar-refractivity contribution < 1.29 is 14.3 Å². The van der Waals surface area contributed by atoms with Crippen molar-refractivity contribution in [2.75, 3.05) is 32.1 Å². The minimum Gasteiger partial charge on any atom is -0.476 e. The Hall–Kier alpha value is -1.88. The summed E-state index contributed by atoms with van der Waals surface area (Å²) >= 11 is 0.